The van der Waals surface area contributed by atoms with Gasteiger partial charge in [-0.1, -0.05) is 13.3 Å². The van der Waals surface area contributed by atoms with E-state index in [1.807, 2.05) is 0 Å². The van der Waals surface area contributed by atoms with Gasteiger partial charge in [0.15, 0.2) is 0 Å². The standard InChI is InChI=1S/C12H23N3O5/c1-2-3-6-20-7-4-5-14-12(19)15-9(11(17)18)8-10(13)16/h9H,2-8H2,1H3,(H2,13,16)(H,17,18)(H2,14,15,19)/t9-/m1/s1. The normalized spacial score (nSPS) is 11.7. The second-order valence-electron chi connectivity index (χ2n) is 4.28. The van der Waals surface area contributed by atoms with Crippen LogP contribution in [0.3, 0.4) is 0 Å². The first-order valence-corrected chi connectivity index (χ1v) is 6.60. The Balaban J connectivity index is 3.75. The number of hydrogen-bond acceptors (Lipinski definition) is 4. The molecule has 0 aliphatic rings. The van der Waals surface area contributed by atoms with E-state index in [4.69, 9.17) is 15.6 Å². The number of carbonyl (C=O) groups is 3. The number of aliphatic carboxylic acids is 1. The van der Waals surface area contributed by atoms with E-state index in [-0.39, 0.29) is 0 Å². The molecule has 1 atom stereocenters. The van der Waals surface area contributed by atoms with Crippen LogP contribution < -0.4 is 16.4 Å². The van der Waals surface area contributed by atoms with Crippen LogP contribution in [0.2, 0.25) is 0 Å². The molecule has 20 heavy (non-hydrogen) atoms. The topological polar surface area (TPSA) is 131 Å². The fourth-order valence-corrected chi connectivity index (χ4v) is 1.34. The fraction of sp³-hybridized carbons (Fsp3) is 0.750. The smallest absolute Gasteiger partial charge is 0.326 e. The molecule has 0 aromatic rings. The van der Waals surface area contributed by atoms with Gasteiger partial charge in [0.1, 0.15) is 6.04 Å². The Labute approximate surface area is 118 Å². The Morgan fingerprint density at radius 1 is 1.25 bits per heavy atom. The van der Waals surface area contributed by atoms with Gasteiger partial charge < -0.3 is 26.2 Å². The lowest BCUT2D eigenvalue weighted by Crippen LogP contribution is -2.47. The second-order valence-corrected chi connectivity index (χ2v) is 4.28. The lowest BCUT2D eigenvalue weighted by molar-refractivity contribution is -0.140. The van der Waals surface area contributed by atoms with Crippen LogP contribution in [-0.4, -0.2) is 48.8 Å². The summed E-state index contributed by atoms with van der Waals surface area (Å²) in [5.74, 6) is -2.09. The molecule has 0 aliphatic heterocycles. The van der Waals surface area contributed by atoms with Crippen LogP contribution in [0.25, 0.3) is 0 Å². The molecule has 8 nitrogen and oxygen atoms in total. The highest BCUT2D eigenvalue weighted by molar-refractivity contribution is 5.87. The van der Waals surface area contributed by atoms with Gasteiger partial charge in [0.2, 0.25) is 5.91 Å². The molecule has 0 spiro atoms. The van der Waals surface area contributed by atoms with Crippen molar-refractivity contribution in [3.8, 4) is 0 Å². The molecule has 0 unspecified atom stereocenters. The molecule has 0 fully saturated rings. The summed E-state index contributed by atoms with van der Waals surface area (Å²) in [6.07, 6.45) is 2.26. The minimum Gasteiger partial charge on any atom is -0.480 e. The molecule has 3 amide bonds. The first-order valence-electron chi connectivity index (χ1n) is 6.60. The maximum absolute atomic E-state index is 11.4. The molecule has 116 valence electrons. The van der Waals surface area contributed by atoms with Gasteiger partial charge in [-0.05, 0) is 12.8 Å². The second kappa shape index (κ2) is 11.0. The summed E-state index contributed by atoms with van der Waals surface area (Å²) >= 11 is 0. The van der Waals surface area contributed by atoms with Gasteiger partial charge in [0, 0.05) is 19.8 Å². The molecule has 0 rings (SSSR count). The largest absolute Gasteiger partial charge is 0.480 e. The van der Waals surface area contributed by atoms with E-state index in [9.17, 15) is 14.4 Å². The molecular formula is C12H23N3O5. The molecular weight excluding hydrogens is 266 g/mol. The van der Waals surface area contributed by atoms with Crippen molar-refractivity contribution >= 4 is 17.9 Å². The van der Waals surface area contributed by atoms with E-state index in [0.717, 1.165) is 12.8 Å². The lowest BCUT2D eigenvalue weighted by atomic mass is 10.2. The summed E-state index contributed by atoms with van der Waals surface area (Å²) in [4.78, 5) is 32.8. The molecule has 0 aromatic heterocycles. The number of ether oxygens (including phenoxy) is 1. The average Bonchev–Trinajstić information content (AvgIpc) is 2.36. The number of carboxylic acids is 1. The molecule has 0 aromatic carbocycles. The van der Waals surface area contributed by atoms with Crippen molar-refractivity contribution in [3.63, 3.8) is 0 Å². The lowest BCUT2D eigenvalue weighted by Gasteiger charge is -2.13. The van der Waals surface area contributed by atoms with Gasteiger partial charge in [-0.25, -0.2) is 9.59 Å². The predicted octanol–water partition coefficient (Wildman–Crippen LogP) is -0.179. The third-order valence-corrected chi connectivity index (χ3v) is 2.40. The zero-order chi connectivity index (χ0) is 15.4. The summed E-state index contributed by atoms with van der Waals surface area (Å²) in [5, 5.41) is 13.4. The highest BCUT2D eigenvalue weighted by atomic mass is 16.5. The van der Waals surface area contributed by atoms with E-state index in [2.05, 4.69) is 17.6 Å². The average molecular weight is 289 g/mol. The number of carboxylic acid groups (broad SMARTS) is 1. The van der Waals surface area contributed by atoms with Crippen molar-refractivity contribution in [2.45, 2.75) is 38.6 Å². The first kappa shape index (κ1) is 18.2. The Bertz CT molecular complexity index is 322. The Kier molecular flexibility index (Phi) is 10.0. The number of carbonyl (C=O) groups excluding carboxylic acids is 2. The van der Waals surface area contributed by atoms with E-state index in [1.54, 1.807) is 0 Å². The van der Waals surface area contributed by atoms with Crippen LogP contribution in [0.15, 0.2) is 0 Å². The van der Waals surface area contributed by atoms with Gasteiger partial charge in [-0.3, -0.25) is 4.79 Å². The SMILES string of the molecule is CCCCOCCCNC(=O)N[C@H](CC(N)=O)C(=O)O. The first-order chi connectivity index (χ1) is 9.47. The Morgan fingerprint density at radius 2 is 1.90 bits per heavy atom. The Morgan fingerprint density at radius 3 is 2.45 bits per heavy atom. The zero-order valence-electron chi connectivity index (χ0n) is 11.7. The number of urea groups is 1. The molecule has 0 bridgehead atoms. The third kappa shape index (κ3) is 10.1. The molecule has 5 N–H and O–H groups in total. The minimum absolute atomic E-state index is 0.362. The summed E-state index contributed by atoms with van der Waals surface area (Å²) in [5.41, 5.74) is 4.90. The molecule has 0 saturated heterocycles. The van der Waals surface area contributed by atoms with Gasteiger partial charge in [-0.2, -0.15) is 0 Å². The zero-order valence-corrected chi connectivity index (χ0v) is 11.7. The van der Waals surface area contributed by atoms with Crippen molar-refractivity contribution in [2.75, 3.05) is 19.8 Å². The summed E-state index contributed by atoms with van der Waals surface area (Å²) < 4.78 is 5.30. The number of hydrogen-bond donors (Lipinski definition) is 4. The van der Waals surface area contributed by atoms with Crippen LogP contribution in [0, 0.1) is 0 Å². The predicted molar refractivity (Wildman–Crippen MR) is 72.1 cm³/mol. The molecule has 8 heteroatoms. The number of nitrogens with two attached hydrogens (primary N) is 1. The molecule has 0 heterocycles. The van der Waals surface area contributed by atoms with Gasteiger partial charge in [-0.15, -0.1) is 0 Å². The molecule has 0 radical (unpaired) electrons. The molecule has 0 aliphatic carbocycles. The van der Waals surface area contributed by atoms with Crippen molar-refractivity contribution in [1.82, 2.24) is 10.6 Å². The number of unbranched alkanes of at least 4 members (excludes halogenated alkanes) is 1. The van der Waals surface area contributed by atoms with Crippen molar-refractivity contribution in [2.24, 2.45) is 5.73 Å². The number of primary amides is 1. The van der Waals surface area contributed by atoms with Crippen LogP contribution >= 0.6 is 0 Å². The molecule has 0 saturated carbocycles. The number of amides is 3. The summed E-state index contributed by atoms with van der Waals surface area (Å²) in [6, 6.07) is -1.96. The van der Waals surface area contributed by atoms with E-state index >= 15 is 0 Å². The van der Waals surface area contributed by atoms with Crippen LogP contribution in [0.1, 0.15) is 32.6 Å². The van der Waals surface area contributed by atoms with Gasteiger partial charge >= 0.3 is 12.0 Å². The number of nitrogens with one attached hydrogen (secondary N) is 2. The summed E-state index contributed by atoms with van der Waals surface area (Å²) in [6.45, 7) is 3.66. The minimum atomic E-state index is -1.31. The van der Waals surface area contributed by atoms with Crippen molar-refractivity contribution in [3.05, 3.63) is 0 Å². The Hall–Kier alpha value is -1.83. The fourth-order valence-electron chi connectivity index (χ4n) is 1.34. The summed E-state index contributed by atoms with van der Waals surface area (Å²) in [7, 11) is 0. The van der Waals surface area contributed by atoms with Gasteiger partial charge in [0.05, 0.1) is 6.42 Å². The maximum atomic E-state index is 11.4. The van der Waals surface area contributed by atoms with Crippen LogP contribution in [0.4, 0.5) is 4.79 Å². The van der Waals surface area contributed by atoms with Crippen LogP contribution in [-0.2, 0) is 14.3 Å². The van der Waals surface area contributed by atoms with E-state index in [0.29, 0.717) is 26.2 Å². The highest BCUT2D eigenvalue weighted by Gasteiger charge is 2.21. The van der Waals surface area contributed by atoms with E-state index < -0.39 is 30.4 Å². The maximum Gasteiger partial charge on any atom is 0.326 e. The van der Waals surface area contributed by atoms with Crippen molar-refractivity contribution in [1.29, 1.82) is 0 Å². The van der Waals surface area contributed by atoms with Crippen LogP contribution in [0.5, 0.6) is 0 Å². The number of rotatable bonds is 11. The van der Waals surface area contributed by atoms with E-state index in [1.165, 1.54) is 0 Å². The quantitative estimate of drug-likeness (QED) is 0.392. The van der Waals surface area contributed by atoms with Gasteiger partial charge in [0.25, 0.3) is 0 Å². The third-order valence-electron chi connectivity index (χ3n) is 2.40. The van der Waals surface area contributed by atoms with Crippen molar-refractivity contribution < 1.29 is 24.2 Å². The monoisotopic (exact) mass is 289 g/mol. The highest BCUT2D eigenvalue weighted by Crippen LogP contribution is 1.92.